The van der Waals surface area contributed by atoms with Gasteiger partial charge in [0.05, 0.1) is 17.7 Å². The molecule has 0 aromatic heterocycles. The lowest BCUT2D eigenvalue weighted by atomic mass is 9.95. The Balaban J connectivity index is 1.77. The van der Waals surface area contributed by atoms with E-state index in [1.165, 1.54) is 0 Å². The monoisotopic (exact) mass is 396 g/mol. The van der Waals surface area contributed by atoms with Crippen LogP contribution in [0, 0.1) is 0 Å². The third kappa shape index (κ3) is 4.89. The van der Waals surface area contributed by atoms with Gasteiger partial charge in [0.1, 0.15) is 12.4 Å². The first kappa shape index (κ1) is 19.9. The minimum Gasteiger partial charge on any atom is -0.489 e. The summed E-state index contributed by atoms with van der Waals surface area (Å²) in [7, 11) is 0. The molecule has 1 heterocycles. The summed E-state index contributed by atoms with van der Waals surface area (Å²) in [6, 6.07) is 17.3. The molecule has 0 spiro atoms. The first-order valence-electron chi connectivity index (χ1n) is 9.20. The zero-order valence-electron chi connectivity index (χ0n) is 16.2. The number of nitrogens with one attached hydrogen (secondary N) is 2. The minimum absolute atomic E-state index is 0.198. The fourth-order valence-corrected chi connectivity index (χ4v) is 3.26. The first-order valence-corrected chi connectivity index (χ1v) is 9.61. The molecule has 2 aromatic carbocycles. The maximum Gasteiger partial charge on any atom is 0.338 e. The number of benzene rings is 2. The first-order chi connectivity index (χ1) is 13.4. The van der Waals surface area contributed by atoms with Crippen molar-refractivity contribution >= 4 is 23.3 Å². The molecule has 0 aliphatic carbocycles. The molecule has 0 bridgehead atoms. The Morgan fingerprint density at radius 3 is 2.43 bits per heavy atom. The molecule has 0 saturated heterocycles. The van der Waals surface area contributed by atoms with Gasteiger partial charge in [0, 0.05) is 5.70 Å². The van der Waals surface area contributed by atoms with Crippen LogP contribution in [0.5, 0.6) is 5.75 Å². The van der Waals surface area contributed by atoms with Crippen molar-refractivity contribution in [3.8, 4) is 5.75 Å². The summed E-state index contributed by atoms with van der Waals surface area (Å²) in [5.41, 5.74) is 3.24. The normalized spacial score (nSPS) is 16.4. The molecule has 3 rings (SSSR count). The van der Waals surface area contributed by atoms with Crippen molar-refractivity contribution in [3.05, 3.63) is 77.0 Å². The van der Waals surface area contributed by atoms with Crippen molar-refractivity contribution in [1.29, 1.82) is 0 Å². The summed E-state index contributed by atoms with van der Waals surface area (Å²) in [6.07, 6.45) is -0.198. The zero-order valence-corrected chi connectivity index (χ0v) is 17.0. The summed E-state index contributed by atoms with van der Waals surface area (Å²) in [5, 5.41) is 6.65. The highest BCUT2D eigenvalue weighted by Gasteiger charge is 2.31. The second-order valence-corrected chi connectivity index (χ2v) is 7.28. The Bertz CT molecular complexity index is 876. The fourth-order valence-electron chi connectivity index (χ4n) is 2.99. The largest absolute Gasteiger partial charge is 0.489 e. The molecule has 5 nitrogen and oxygen atoms in total. The third-order valence-electron chi connectivity index (χ3n) is 4.29. The highest BCUT2D eigenvalue weighted by molar-refractivity contribution is 7.80. The number of rotatable bonds is 6. The highest BCUT2D eigenvalue weighted by Crippen LogP contribution is 2.29. The van der Waals surface area contributed by atoms with Crippen molar-refractivity contribution in [3.63, 3.8) is 0 Å². The second-order valence-electron chi connectivity index (χ2n) is 6.87. The molecule has 28 heavy (non-hydrogen) atoms. The zero-order chi connectivity index (χ0) is 20.1. The van der Waals surface area contributed by atoms with Crippen LogP contribution in [0.1, 0.15) is 37.9 Å². The number of carbonyl (C=O) groups excluding carboxylic acids is 1. The van der Waals surface area contributed by atoms with Gasteiger partial charge in [0.2, 0.25) is 0 Å². The van der Waals surface area contributed by atoms with Crippen molar-refractivity contribution in [2.75, 3.05) is 0 Å². The maximum atomic E-state index is 12.6. The van der Waals surface area contributed by atoms with Crippen molar-refractivity contribution in [2.24, 2.45) is 0 Å². The van der Waals surface area contributed by atoms with Crippen LogP contribution >= 0.6 is 12.2 Å². The van der Waals surface area contributed by atoms with E-state index < -0.39 is 0 Å². The Kier molecular flexibility index (Phi) is 6.31. The van der Waals surface area contributed by atoms with E-state index in [-0.39, 0.29) is 18.1 Å². The van der Waals surface area contributed by atoms with Gasteiger partial charge in [0.15, 0.2) is 5.11 Å². The molecule has 1 aliphatic heterocycles. The van der Waals surface area contributed by atoms with Gasteiger partial charge < -0.3 is 20.1 Å². The van der Waals surface area contributed by atoms with Crippen LogP contribution in [-0.4, -0.2) is 17.2 Å². The van der Waals surface area contributed by atoms with Crippen LogP contribution in [-0.2, 0) is 16.1 Å². The highest BCUT2D eigenvalue weighted by atomic mass is 32.1. The second kappa shape index (κ2) is 8.89. The molecule has 146 valence electrons. The smallest absolute Gasteiger partial charge is 0.338 e. The number of allylic oxidation sites excluding steroid dienone is 1. The third-order valence-corrected chi connectivity index (χ3v) is 4.51. The van der Waals surface area contributed by atoms with Crippen molar-refractivity contribution in [1.82, 2.24) is 10.6 Å². The fraction of sp³-hybridized carbons (Fsp3) is 0.273. The van der Waals surface area contributed by atoms with Crippen LogP contribution in [0.25, 0.3) is 0 Å². The molecule has 1 aliphatic rings. The molecule has 0 saturated carbocycles. The van der Waals surface area contributed by atoms with Gasteiger partial charge in [-0.25, -0.2) is 4.79 Å². The Morgan fingerprint density at radius 2 is 1.79 bits per heavy atom. The molecular weight excluding hydrogens is 372 g/mol. The number of carbonyl (C=O) groups is 1. The van der Waals surface area contributed by atoms with Crippen LogP contribution in [0.3, 0.4) is 0 Å². The predicted molar refractivity (Wildman–Crippen MR) is 113 cm³/mol. The van der Waals surface area contributed by atoms with Crippen molar-refractivity contribution in [2.45, 2.75) is 39.5 Å². The van der Waals surface area contributed by atoms with Gasteiger partial charge in [-0.15, -0.1) is 0 Å². The Labute approximate surface area is 170 Å². The summed E-state index contributed by atoms with van der Waals surface area (Å²) in [6.45, 7) is 5.99. The van der Waals surface area contributed by atoms with Crippen LogP contribution in [0.4, 0.5) is 0 Å². The van der Waals surface area contributed by atoms with Crippen LogP contribution in [0.2, 0.25) is 0 Å². The van der Waals surface area contributed by atoms with Gasteiger partial charge in [-0.2, -0.15) is 0 Å². The van der Waals surface area contributed by atoms with Gasteiger partial charge in [-0.3, -0.25) is 0 Å². The lowest BCUT2D eigenvalue weighted by Crippen LogP contribution is -2.45. The van der Waals surface area contributed by atoms with E-state index in [1.54, 1.807) is 0 Å². The van der Waals surface area contributed by atoms with Crippen molar-refractivity contribution < 1.29 is 14.3 Å². The van der Waals surface area contributed by atoms with Gasteiger partial charge in [-0.05, 0) is 56.2 Å². The summed E-state index contributed by atoms with van der Waals surface area (Å²) in [5.74, 6) is 0.403. The molecule has 2 N–H and O–H groups in total. The summed E-state index contributed by atoms with van der Waals surface area (Å²) >= 11 is 5.28. The topological polar surface area (TPSA) is 59.6 Å². The molecule has 0 amide bonds. The van der Waals surface area contributed by atoms with Gasteiger partial charge in [0.25, 0.3) is 0 Å². The standard InChI is InChI=1S/C22H24N2O3S/c1-14(2)27-21(25)19-15(3)23-22(28)24-20(19)17-9-11-18(12-10-17)26-13-16-7-5-4-6-8-16/h4-12,14,20H,13H2,1-3H3,(H2,23,24,28)/t20-/m1/s1. The average Bonchev–Trinajstić information content (AvgIpc) is 2.66. The molecular formula is C22H24N2O3S. The number of ether oxygens (including phenoxy) is 2. The van der Waals surface area contributed by atoms with Crippen LogP contribution < -0.4 is 15.4 Å². The maximum absolute atomic E-state index is 12.6. The molecule has 2 aromatic rings. The average molecular weight is 397 g/mol. The van der Waals surface area contributed by atoms with E-state index in [4.69, 9.17) is 21.7 Å². The molecule has 0 fully saturated rings. The minimum atomic E-state index is -0.372. The molecule has 0 radical (unpaired) electrons. The van der Waals surface area contributed by atoms with E-state index in [0.717, 1.165) is 16.9 Å². The molecule has 0 unspecified atom stereocenters. The number of hydrogen-bond acceptors (Lipinski definition) is 4. The lowest BCUT2D eigenvalue weighted by molar-refractivity contribution is -0.143. The van der Waals surface area contributed by atoms with E-state index in [2.05, 4.69) is 10.6 Å². The molecule has 6 heteroatoms. The molecule has 1 atom stereocenters. The van der Waals surface area contributed by atoms with E-state index in [0.29, 0.717) is 23.0 Å². The van der Waals surface area contributed by atoms with E-state index in [1.807, 2.05) is 75.4 Å². The Hall–Kier alpha value is -2.86. The summed E-state index contributed by atoms with van der Waals surface area (Å²) in [4.78, 5) is 12.6. The Morgan fingerprint density at radius 1 is 1.11 bits per heavy atom. The van der Waals surface area contributed by atoms with E-state index >= 15 is 0 Å². The van der Waals surface area contributed by atoms with E-state index in [9.17, 15) is 4.79 Å². The quantitative estimate of drug-likeness (QED) is 0.568. The lowest BCUT2D eigenvalue weighted by Gasteiger charge is -2.30. The van der Waals surface area contributed by atoms with Crippen LogP contribution in [0.15, 0.2) is 65.9 Å². The number of thiocarbonyl (C=S) groups is 1. The van der Waals surface area contributed by atoms with Gasteiger partial charge in [-0.1, -0.05) is 42.5 Å². The van der Waals surface area contributed by atoms with Gasteiger partial charge >= 0.3 is 5.97 Å². The predicted octanol–water partition coefficient (Wildman–Crippen LogP) is 4.01. The number of hydrogen-bond donors (Lipinski definition) is 2. The SMILES string of the molecule is CC1=C(C(=O)OC(C)C)[C@@H](c2ccc(OCc3ccccc3)cc2)NC(=S)N1. The summed E-state index contributed by atoms with van der Waals surface area (Å²) < 4.78 is 11.3. The number of esters is 1.